The summed E-state index contributed by atoms with van der Waals surface area (Å²) in [4.78, 5) is 7.53. The molecule has 1 N–H and O–H groups in total. The molecule has 0 aromatic carbocycles. The highest BCUT2D eigenvalue weighted by molar-refractivity contribution is 7.71. The topological polar surface area (TPSA) is 28.7 Å². The van der Waals surface area contributed by atoms with Gasteiger partial charge in [-0.2, -0.15) is 0 Å². The molecule has 0 unspecified atom stereocenters. The van der Waals surface area contributed by atoms with Crippen molar-refractivity contribution < 1.29 is 0 Å². The van der Waals surface area contributed by atoms with Gasteiger partial charge in [0.25, 0.3) is 0 Å². The highest BCUT2D eigenvalue weighted by Crippen LogP contribution is 2.26. The van der Waals surface area contributed by atoms with Crippen molar-refractivity contribution in [3.05, 3.63) is 34.4 Å². The minimum absolute atomic E-state index is 0.801. The fourth-order valence-electron chi connectivity index (χ4n) is 1.57. The molecule has 0 saturated carbocycles. The first-order valence-electron chi connectivity index (χ1n) is 4.20. The zero-order chi connectivity index (χ0) is 9.54. The van der Waals surface area contributed by atoms with Crippen LogP contribution in [0.25, 0.3) is 21.1 Å². The summed E-state index contributed by atoms with van der Waals surface area (Å²) in [6, 6.07) is 5.97. The highest BCUT2D eigenvalue weighted by Gasteiger charge is 2.03. The van der Waals surface area contributed by atoms with Gasteiger partial charge in [-0.1, -0.05) is 12.2 Å². The lowest BCUT2D eigenvalue weighted by Gasteiger charge is -1.98. The maximum Gasteiger partial charge on any atom is 0.121 e. The van der Waals surface area contributed by atoms with E-state index in [1.54, 1.807) is 17.5 Å². The van der Waals surface area contributed by atoms with E-state index in [1.165, 1.54) is 0 Å². The van der Waals surface area contributed by atoms with Crippen LogP contribution in [0, 0.1) is 4.64 Å². The lowest BCUT2D eigenvalue weighted by atomic mass is 10.2. The standard InChI is InChI=1S/C10H6N2S2/c13-10-9-6(3-5-14-9)8-7(12-10)2-1-4-11-8/h1-5H,(H,12,13). The third kappa shape index (κ3) is 1.01. The number of nitrogens with one attached hydrogen (secondary N) is 1. The van der Waals surface area contributed by atoms with E-state index in [9.17, 15) is 0 Å². The smallest absolute Gasteiger partial charge is 0.121 e. The van der Waals surface area contributed by atoms with Gasteiger partial charge < -0.3 is 4.98 Å². The van der Waals surface area contributed by atoms with Gasteiger partial charge in [-0.3, -0.25) is 4.98 Å². The molecule has 0 amide bonds. The molecule has 3 aromatic rings. The van der Waals surface area contributed by atoms with E-state index in [1.807, 2.05) is 17.5 Å². The molecule has 0 radical (unpaired) electrons. The van der Waals surface area contributed by atoms with Crippen LogP contribution in [0.2, 0.25) is 0 Å². The summed E-state index contributed by atoms with van der Waals surface area (Å²) in [6.45, 7) is 0. The van der Waals surface area contributed by atoms with Gasteiger partial charge in [0.15, 0.2) is 0 Å². The third-order valence-electron chi connectivity index (χ3n) is 2.18. The summed E-state index contributed by atoms with van der Waals surface area (Å²) in [7, 11) is 0. The van der Waals surface area contributed by atoms with Gasteiger partial charge in [0.1, 0.15) is 4.64 Å². The monoisotopic (exact) mass is 218 g/mol. The number of hydrogen-bond acceptors (Lipinski definition) is 3. The summed E-state index contributed by atoms with van der Waals surface area (Å²) >= 11 is 6.92. The molecule has 68 valence electrons. The Kier molecular flexibility index (Phi) is 1.65. The summed E-state index contributed by atoms with van der Waals surface area (Å²) in [5.41, 5.74) is 2.00. The molecule has 3 heterocycles. The number of hydrogen-bond donors (Lipinski definition) is 1. The fourth-order valence-corrected chi connectivity index (χ4v) is 2.73. The highest BCUT2D eigenvalue weighted by atomic mass is 32.1. The molecule has 0 spiro atoms. The van der Waals surface area contributed by atoms with E-state index in [2.05, 4.69) is 16.0 Å². The quantitative estimate of drug-likeness (QED) is 0.585. The minimum atomic E-state index is 0.801. The average molecular weight is 218 g/mol. The molecule has 0 saturated heterocycles. The predicted molar refractivity (Wildman–Crippen MR) is 62.3 cm³/mol. The van der Waals surface area contributed by atoms with Crippen molar-refractivity contribution >= 4 is 44.7 Å². The van der Waals surface area contributed by atoms with Crippen molar-refractivity contribution in [3.63, 3.8) is 0 Å². The zero-order valence-electron chi connectivity index (χ0n) is 7.15. The summed E-state index contributed by atoms with van der Waals surface area (Å²) in [6.07, 6.45) is 1.80. The first-order valence-corrected chi connectivity index (χ1v) is 5.49. The molecule has 0 aliphatic carbocycles. The largest absolute Gasteiger partial charge is 0.344 e. The number of aromatic nitrogens is 2. The number of nitrogens with zero attached hydrogens (tertiary/aromatic N) is 1. The van der Waals surface area contributed by atoms with Gasteiger partial charge in [-0.25, -0.2) is 0 Å². The third-order valence-corrected chi connectivity index (χ3v) is 3.55. The second-order valence-electron chi connectivity index (χ2n) is 3.02. The predicted octanol–water partition coefficient (Wildman–Crippen LogP) is 3.51. The summed E-state index contributed by atoms with van der Waals surface area (Å²) in [5.74, 6) is 0. The molecule has 0 aliphatic heterocycles. The Hall–Kier alpha value is -1.26. The van der Waals surface area contributed by atoms with Crippen molar-refractivity contribution in [2.45, 2.75) is 0 Å². The molecule has 4 heteroatoms. The normalized spacial score (nSPS) is 11.1. The van der Waals surface area contributed by atoms with Crippen LogP contribution in [0.4, 0.5) is 0 Å². The first kappa shape index (κ1) is 8.08. The minimum Gasteiger partial charge on any atom is -0.344 e. The van der Waals surface area contributed by atoms with Gasteiger partial charge in [-0.15, -0.1) is 11.3 Å². The van der Waals surface area contributed by atoms with Crippen LogP contribution >= 0.6 is 23.6 Å². The summed E-state index contributed by atoms with van der Waals surface area (Å²) in [5, 5.41) is 3.19. The van der Waals surface area contributed by atoms with Crippen LogP contribution in [-0.2, 0) is 0 Å². The van der Waals surface area contributed by atoms with Gasteiger partial charge in [-0.05, 0) is 23.6 Å². The van der Waals surface area contributed by atoms with Crippen molar-refractivity contribution in [3.8, 4) is 0 Å². The van der Waals surface area contributed by atoms with Crippen molar-refractivity contribution in [1.29, 1.82) is 0 Å². The lowest BCUT2D eigenvalue weighted by Crippen LogP contribution is -1.83. The van der Waals surface area contributed by atoms with Gasteiger partial charge in [0, 0.05) is 11.6 Å². The van der Waals surface area contributed by atoms with E-state index in [4.69, 9.17) is 12.2 Å². The molecule has 0 fully saturated rings. The van der Waals surface area contributed by atoms with Gasteiger partial charge >= 0.3 is 0 Å². The van der Waals surface area contributed by atoms with Crippen LogP contribution in [0.15, 0.2) is 29.8 Å². The maximum atomic E-state index is 5.26. The van der Waals surface area contributed by atoms with E-state index in [0.717, 1.165) is 25.8 Å². The number of aromatic amines is 1. The molecular formula is C10H6N2S2. The molecule has 0 atom stereocenters. The number of rotatable bonds is 0. The number of pyridine rings is 2. The SMILES string of the molecule is S=c1[nH]c2cccnc2c2ccsc12. The Bertz CT molecular complexity index is 666. The van der Waals surface area contributed by atoms with Crippen LogP contribution < -0.4 is 0 Å². The van der Waals surface area contributed by atoms with Gasteiger partial charge in [0.05, 0.1) is 15.7 Å². The van der Waals surface area contributed by atoms with Crippen LogP contribution in [0.5, 0.6) is 0 Å². The van der Waals surface area contributed by atoms with E-state index in [0.29, 0.717) is 0 Å². The lowest BCUT2D eigenvalue weighted by molar-refractivity contribution is 1.35. The van der Waals surface area contributed by atoms with E-state index < -0.39 is 0 Å². The van der Waals surface area contributed by atoms with Crippen molar-refractivity contribution in [1.82, 2.24) is 9.97 Å². The molecule has 0 bridgehead atoms. The Balaban J connectivity index is 2.73. The van der Waals surface area contributed by atoms with Crippen LogP contribution in [-0.4, -0.2) is 9.97 Å². The second-order valence-corrected chi connectivity index (χ2v) is 4.34. The summed E-state index contributed by atoms with van der Waals surface area (Å²) < 4.78 is 1.92. The zero-order valence-corrected chi connectivity index (χ0v) is 8.78. The van der Waals surface area contributed by atoms with Crippen LogP contribution in [0.3, 0.4) is 0 Å². The molecule has 3 rings (SSSR count). The Morgan fingerprint density at radius 1 is 1.36 bits per heavy atom. The molecule has 3 aromatic heterocycles. The maximum absolute atomic E-state index is 5.26. The molecule has 0 aliphatic rings. The Morgan fingerprint density at radius 2 is 2.29 bits per heavy atom. The number of H-pyrrole nitrogens is 1. The number of fused-ring (bicyclic) bond motifs is 3. The van der Waals surface area contributed by atoms with E-state index >= 15 is 0 Å². The molecule has 14 heavy (non-hydrogen) atoms. The Morgan fingerprint density at radius 3 is 3.21 bits per heavy atom. The van der Waals surface area contributed by atoms with Gasteiger partial charge in [0.2, 0.25) is 0 Å². The average Bonchev–Trinajstić information content (AvgIpc) is 2.67. The van der Waals surface area contributed by atoms with Crippen molar-refractivity contribution in [2.24, 2.45) is 0 Å². The fraction of sp³-hybridized carbons (Fsp3) is 0. The van der Waals surface area contributed by atoms with Crippen molar-refractivity contribution in [2.75, 3.05) is 0 Å². The first-order chi connectivity index (χ1) is 6.86. The second kappa shape index (κ2) is 2.87. The number of thiophene rings is 1. The molecular weight excluding hydrogens is 212 g/mol. The molecule has 2 nitrogen and oxygen atoms in total. The Labute approximate surface area is 89.2 Å². The van der Waals surface area contributed by atoms with E-state index in [-0.39, 0.29) is 0 Å². The van der Waals surface area contributed by atoms with Crippen LogP contribution in [0.1, 0.15) is 0 Å².